The molecule has 0 radical (unpaired) electrons. The molecule has 2 amide bonds. The van der Waals surface area contributed by atoms with E-state index in [-0.39, 0.29) is 18.4 Å². The number of imide groups is 1. The highest BCUT2D eigenvalue weighted by molar-refractivity contribution is 6.12. The smallest absolute Gasteiger partial charge is 0.253 e. The molecule has 1 aliphatic rings. The van der Waals surface area contributed by atoms with Crippen LogP contribution in [0.25, 0.3) is 0 Å². The molecule has 1 rings (SSSR count). The molecule has 10 nitrogen and oxygen atoms in total. The van der Waals surface area contributed by atoms with Gasteiger partial charge in [-0.1, -0.05) is 0 Å². The van der Waals surface area contributed by atoms with Crippen molar-refractivity contribution in [1.29, 1.82) is 0 Å². The first kappa shape index (κ1) is 25.6. The maximum absolute atomic E-state index is 11.3. The largest absolute Gasteiger partial charge is 0.382 e. The van der Waals surface area contributed by atoms with E-state index in [1.165, 1.54) is 12.2 Å². The monoisotopic (exact) mass is 419 g/mol. The van der Waals surface area contributed by atoms with Gasteiger partial charge in [0.25, 0.3) is 11.8 Å². The zero-order valence-electron chi connectivity index (χ0n) is 17.2. The van der Waals surface area contributed by atoms with Crippen LogP contribution in [0.4, 0.5) is 0 Å². The zero-order chi connectivity index (χ0) is 21.0. The Bertz CT molecular complexity index is 441. The van der Waals surface area contributed by atoms with E-state index in [0.29, 0.717) is 85.9 Å². The summed E-state index contributed by atoms with van der Waals surface area (Å²) >= 11 is 0. The summed E-state index contributed by atoms with van der Waals surface area (Å²) < 4.78 is 36.9. The summed E-state index contributed by atoms with van der Waals surface area (Å²) in [5.41, 5.74) is 0. The van der Waals surface area contributed by atoms with Crippen molar-refractivity contribution in [3.63, 3.8) is 0 Å². The molecule has 0 bridgehead atoms. The van der Waals surface area contributed by atoms with Crippen LogP contribution in [0.1, 0.15) is 0 Å². The average Bonchev–Trinajstić information content (AvgIpc) is 3.04. The molecule has 0 fully saturated rings. The van der Waals surface area contributed by atoms with Gasteiger partial charge < -0.3 is 33.2 Å². The molecule has 0 saturated carbocycles. The number of methoxy groups -OCH3 is 1. The Balaban J connectivity index is 1.69. The molecule has 168 valence electrons. The predicted molar refractivity (Wildman–Crippen MR) is 103 cm³/mol. The summed E-state index contributed by atoms with van der Waals surface area (Å²) in [4.78, 5) is 23.8. The van der Waals surface area contributed by atoms with Gasteiger partial charge in [0.15, 0.2) is 0 Å². The highest BCUT2D eigenvalue weighted by atomic mass is 16.6. The van der Waals surface area contributed by atoms with Crippen LogP contribution < -0.4 is 0 Å². The predicted octanol–water partition coefficient (Wildman–Crippen LogP) is -0.343. The molecule has 0 saturated heterocycles. The van der Waals surface area contributed by atoms with Crippen LogP contribution in [0.15, 0.2) is 12.2 Å². The van der Waals surface area contributed by atoms with Gasteiger partial charge in [0.2, 0.25) is 0 Å². The lowest BCUT2D eigenvalue weighted by Crippen LogP contribution is -2.33. The minimum Gasteiger partial charge on any atom is -0.382 e. The third kappa shape index (κ3) is 14.3. The van der Waals surface area contributed by atoms with Gasteiger partial charge in [-0.15, -0.1) is 0 Å². The van der Waals surface area contributed by atoms with Gasteiger partial charge in [0.05, 0.1) is 92.4 Å². The van der Waals surface area contributed by atoms with Gasteiger partial charge in [0, 0.05) is 19.3 Å². The molecule has 0 atom stereocenters. The summed E-state index contributed by atoms with van der Waals surface area (Å²) in [6, 6.07) is 0. The second-order valence-electron chi connectivity index (χ2n) is 5.83. The SMILES string of the molecule is COCCOCCOCCOCCOCCOCCOCCN1C(=O)C=CC1=O. The topological polar surface area (TPSA) is 102 Å². The maximum Gasteiger partial charge on any atom is 0.253 e. The van der Waals surface area contributed by atoms with Crippen LogP contribution in [0, 0.1) is 0 Å². The number of hydrogen-bond acceptors (Lipinski definition) is 9. The van der Waals surface area contributed by atoms with Crippen LogP contribution in [-0.2, 0) is 42.7 Å². The number of ether oxygens (including phenoxy) is 7. The molecule has 0 unspecified atom stereocenters. The van der Waals surface area contributed by atoms with Crippen LogP contribution in [0.2, 0.25) is 0 Å². The van der Waals surface area contributed by atoms with Crippen molar-refractivity contribution in [2.45, 2.75) is 0 Å². The van der Waals surface area contributed by atoms with Crippen LogP contribution in [0.5, 0.6) is 0 Å². The third-order valence-electron chi connectivity index (χ3n) is 3.65. The molecule has 0 aliphatic carbocycles. The molecule has 0 N–H and O–H groups in total. The molecule has 29 heavy (non-hydrogen) atoms. The second kappa shape index (κ2) is 18.6. The number of carbonyl (C=O) groups excluding carboxylic acids is 2. The summed E-state index contributed by atoms with van der Waals surface area (Å²) in [6.45, 7) is 6.57. The highest BCUT2D eigenvalue weighted by Crippen LogP contribution is 2.02. The van der Waals surface area contributed by atoms with E-state index in [0.717, 1.165) is 4.90 Å². The Kier molecular flexibility index (Phi) is 16.5. The van der Waals surface area contributed by atoms with E-state index in [1.54, 1.807) is 7.11 Å². The Hall–Kier alpha value is -1.40. The molecule has 1 aliphatic heterocycles. The molecule has 0 aromatic heterocycles. The van der Waals surface area contributed by atoms with Crippen molar-refractivity contribution in [2.24, 2.45) is 0 Å². The fraction of sp³-hybridized carbons (Fsp3) is 0.789. The van der Waals surface area contributed by atoms with E-state index >= 15 is 0 Å². The van der Waals surface area contributed by atoms with Gasteiger partial charge in [-0.05, 0) is 0 Å². The lowest BCUT2D eigenvalue weighted by molar-refractivity contribution is -0.137. The van der Waals surface area contributed by atoms with Gasteiger partial charge in [-0.3, -0.25) is 14.5 Å². The molecule has 0 spiro atoms. The van der Waals surface area contributed by atoms with Crippen molar-refractivity contribution < 1.29 is 42.7 Å². The average molecular weight is 419 g/mol. The summed E-state index contributed by atoms with van der Waals surface area (Å²) in [7, 11) is 1.64. The number of amides is 2. The molecule has 0 aromatic rings. The zero-order valence-corrected chi connectivity index (χ0v) is 17.2. The van der Waals surface area contributed by atoms with Crippen molar-refractivity contribution in [3.05, 3.63) is 12.2 Å². The number of carbonyl (C=O) groups is 2. The molecule has 0 aromatic carbocycles. The van der Waals surface area contributed by atoms with E-state index in [4.69, 9.17) is 33.2 Å². The Morgan fingerprint density at radius 1 is 0.552 bits per heavy atom. The number of hydrogen-bond donors (Lipinski definition) is 0. The molecular weight excluding hydrogens is 386 g/mol. The maximum atomic E-state index is 11.3. The van der Waals surface area contributed by atoms with Crippen LogP contribution in [-0.4, -0.2) is 116 Å². The Morgan fingerprint density at radius 3 is 1.21 bits per heavy atom. The first-order valence-corrected chi connectivity index (χ1v) is 9.74. The second-order valence-corrected chi connectivity index (χ2v) is 5.83. The first-order chi connectivity index (χ1) is 14.3. The van der Waals surface area contributed by atoms with E-state index in [1.807, 2.05) is 0 Å². The lowest BCUT2D eigenvalue weighted by Gasteiger charge is -2.13. The Morgan fingerprint density at radius 2 is 0.862 bits per heavy atom. The Labute approximate surface area is 171 Å². The normalized spacial score (nSPS) is 13.8. The molecular formula is C19H33NO9. The molecule has 10 heteroatoms. The van der Waals surface area contributed by atoms with Gasteiger partial charge in [-0.2, -0.15) is 0 Å². The third-order valence-corrected chi connectivity index (χ3v) is 3.65. The van der Waals surface area contributed by atoms with Crippen molar-refractivity contribution in [2.75, 3.05) is 99.5 Å². The van der Waals surface area contributed by atoms with Crippen molar-refractivity contribution >= 4 is 11.8 Å². The molecule has 1 heterocycles. The quantitative estimate of drug-likeness (QED) is 0.183. The van der Waals surface area contributed by atoms with E-state index in [2.05, 4.69) is 0 Å². The highest BCUT2D eigenvalue weighted by Gasteiger charge is 2.22. The van der Waals surface area contributed by atoms with Crippen LogP contribution in [0.3, 0.4) is 0 Å². The fourth-order valence-corrected chi connectivity index (χ4v) is 2.15. The van der Waals surface area contributed by atoms with Crippen LogP contribution >= 0.6 is 0 Å². The van der Waals surface area contributed by atoms with Gasteiger partial charge in [0.1, 0.15) is 0 Å². The summed E-state index contributed by atoms with van der Waals surface area (Å²) in [5.74, 6) is -0.598. The number of rotatable bonds is 21. The van der Waals surface area contributed by atoms with Crippen molar-refractivity contribution in [1.82, 2.24) is 4.90 Å². The van der Waals surface area contributed by atoms with E-state index < -0.39 is 0 Å². The van der Waals surface area contributed by atoms with Gasteiger partial charge in [-0.25, -0.2) is 0 Å². The standard InChI is InChI=1S/C19H33NO9/c1-23-6-7-25-10-11-27-14-15-29-17-16-28-13-12-26-9-8-24-5-4-20-18(21)2-3-19(20)22/h2-3H,4-17H2,1H3. The van der Waals surface area contributed by atoms with Crippen molar-refractivity contribution in [3.8, 4) is 0 Å². The summed E-state index contributed by atoms with van der Waals surface area (Å²) in [5, 5.41) is 0. The minimum atomic E-state index is -0.299. The fourth-order valence-electron chi connectivity index (χ4n) is 2.15. The van der Waals surface area contributed by atoms with E-state index in [9.17, 15) is 9.59 Å². The lowest BCUT2D eigenvalue weighted by atomic mass is 10.5. The van der Waals surface area contributed by atoms with Gasteiger partial charge >= 0.3 is 0 Å². The minimum absolute atomic E-state index is 0.251. The first-order valence-electron chi connectivity index (χ1n) is 9.74. The summed E-state index contributed by atoms with van der Waals surface area (Å²) in [6.07, 6.45) is 2.51. The number of nitrogens with zero attached hydrogens (tertiary/aromatic N) is 1.